The topological polar surface area (TPSA) is 46.5 Å². The summed E-state index contributed by atoms with van der Waals surface area (Å²) in [6.45, 7) is 2.18. The van der Waals surface area contributed by atoms with E-state index in [1.54, 1.807) is 7.11 Å². The maximum Gasteiger partial charge on any atom is 0.309 e. The summed E-state index contributed by atoms with van der Waals surface area (Å²) < 4.78 is 5.47. The largest absolute Gasteiger partial charge is 0.481 e. The van der Waals surface area contributed by atoms with E-state index in [4.69, 9.17) is 4.74 Å². The van der Waals surface area contributed by atoms with Crippen molar-refractivity contribution < 1.29 is 14.6 Å². The number of hydrogen-bond acceptors (Lipinski definition) is 2. The Bertz CT molecular complexity index is 302. The molecule has 0 aromatic carbocycles. The molecule has 0 aromatic heterocycles. The average molecular weight is 254 g/mol. The van der Waals surface area contributed by atoms with Crippen LogP contribution < -0.4 is 0 Å². The number of hydrogen-bond donors (Lipinski definition) is 1. The van der Waals surface area contributed by atoms with E-state index >= 15 is 0 Å². The van der Waals surface area contributed by atoms with Gasteiger partial charge in [0, 0.05) is 7.11 Å². The molecule has 0 aromatic rings. The number of rotatable bonds is 4. The lowest BCUT2D eigenvalue weighted by atomic mass is 9.66. The molecule has 2 rings (SSSR count). The van der Waals surface area contributed by atoms with Gasteiger partial charge >= 0.3 is 5.97 Å². The van der Waals surface area contributed by atoms with Crippen LogP contribution in [0.25, 0.3) is 0 Å². The molecule has 3 heteroatoms. The van der Waals surface area contributed by atoms with Gasteiger partial charge in [0.2, 0.25) is 0 Å². The summed E-state index contributed by atoms with van der Waals surface area (Å²) in [5.74, 6) is 0.384. The molecule has 0 amide bonds. The first kappa shape index (κ1) is 13.9. The van der Waals surface area contributed by atoms with Crippen LogP contribution in [0.4, 0.5) is 0 Å². The van der Waals surface area contributed by atoms with Gasteiger partial charge in [-0.3, -0.25) is 4.79 Å². The highest BCUT2D eigenvalue weighted by atomic mass is 16.5. The van der Waals surface area contributed by atoms with Gasteiger partial charge in [-0.1, -0.05) is 19.8 Å². The van der Waals surface area contributed by atoms with Gasteiger partial charge in [0.15, 0.2) is 0 Å². The fourth-order valence-electron chi connectivity index (χ4n) is 4.13. The molecule has 2 aliphatic carbocycles. The lowest BCUT2D eigenvalue weighted by Gasteiger charge is -2.39. The standard InChI is InChI=1S/C15H26O3/c1-3-11-7-8-15(10-11,14(16)17)12-5-4-6-13(9-12)18-2/h11-13H,3-10H2,1-2H3,(H,16,17). The van der Waals surface area contributed by atoms with Gasteiger partial charge in [0.1, 0.15) is 0 Å². The Hall–Kier alpha value is -0.570. The molecule has 0 aliphatic heterocycles. The molecule has 0 saturated heterocycles. The minimum absolute atomic E-state index is 0.278. The third-order valence-electron chi connectivity index (χ3n) is 5.40. The number of aliphatic carboxylic acids is 1. The molecule has 4 unspecified atom stereocenters. The van der Waals surface area contributed by atoms with Crippen molar-refractivity contribution in [3.8, 4) is 0 Å². The SMILES string of the molecule is CCC1CCC(C(=O)O)(C2CCCC(OC)C2)C1. The first-order valence-corrected chi connectivity index (χ1v) is 7.38. The molecular formula is C15H26O3. The molecule has 0 heterocycles. The van der Waals surface area contributed by atoms with Crippen molar-refractivity contribution in [3.63, 3.8) is 0 Å². The molecule has 1 N–H and O–H groups in total. The first-order valence-electron chi connectivity index (χ1n) is 7.38. The molecule has 0 radical (unpaired) electrons. The fourth-order valence-corrected chi connectivity index (χ4v) is 4.13. The van der Waals surface area contributed by atoms with E-state index in [0.717, 1.165) is 51.4 Å². The van der Waals surface area contributed by atoms with Crippen LogP contribution in [0.2, 0.25) is 0 Å². The van der Waals surface area contributed by atoms with Crippen molar-refractivity contribution in [1.29, 1.82) is 0 Å². The second kappa shape index (κ2) is 5.60. The van der Waals surface area contributed by atoms with Crippen LogP contribution in [0, 0.1) is 17.3 Å². The van der Waals surface area contributed by atoms with Crippen molar-refractivity contribution in [2.24, 2.45) is 17.3 Å². The number of carbonyl (C=O) groups is 1. The quantitative estimate of drug-likeness (QED) is 0.835. The van der Waals surface area contributed by atoms with Crippen LogP contribution in [0.1, 0.15) is 58.3 Å². The highest BCUT2D eigenvalue weighted by Crippen LogP contribution is 2.52. The van der Waals surface area contributed by atoms with Crippen molar-refractivity contribution >= 4 is 5.97 Å². The van der Waals surface area contributed by atoms with Crippen molar-refractivity contribution in [3.05, 3.63) is 0 Å². The third-order valence-corrected chi connectivity index (χ3v) is 5.40. The molecule has 18 heavy (non-hydrogen) atoms. The van der Waals surface area contributed by atoms with Gasteiger partial charge in [-0.25, -0.2) is 0 Å². The summed E-state index contributed by atoms with van der Waals surface area (Å²) in [4.78, 5) is 11.8. The monoisotopic (exact) mass is 254 g/mol. The fraction of sp³-hybridized carbons (Fsp3) is 0.933. The second-order valence-electron chi connectivity index (χ2n) is 6.20. The molecule has 0 spiro atoms. The zero-order chi connectivity index (χ0) is 13.2. The van der Waals surface area contributed by atoms with Gasteiger partial charge in [-0.05, 0) is 50.4 Å². The molecule has 3 nitrogen and oxygen atoms in total. The van der Waals surface area contributed by atoms with Gasteiger partial charge < -0.3 is 9.84 Å². The molecule has 2 fully saturated rings. The van der Waals surface area contributed by atoms with E-state index in [1.807, 2.05) is 0 Å². The van der Waals surface area contributed by atoms with Gasteiger partial charge in [-0.15, -0.1) is 0 Å². The summed E-state index contributed by atoms with van der Waals surface area (Å²) in [5.41, 5.74) is -0.447. The highest BCUT2D eigenvalue weighted by molar-refractivity contribution is 5.75. The summed E-state index contributed by atoms with van der Waals surface area (Å²) in [6, 6.07) is 0. The Morgan fingerprint density at radius 3 is 2.72 bits per heavy atom. The van der Waals surface area contributed by atoms with Crippen molar-refractivity contribution in [2.45, 2.75) is 64.4 Å². The van der Waals surface area contributed by atoms with E-state index in [-0.39, 0.29) is 6.10 Å². The Morgan fingerprint density at radius 2 is 2.17 bits per heavy atom. The average Bonchev–Trinajstić information content (AvgIpc) is 2.84. The number of carboxylic acid groups (broad SMARTS) is 1. The molecule has 2 saturated carbocycles. The summed E-state index contributed by atoms with van der Waals surface area (Å²) >= 11 is 0. The Kier molecular flexibility index (Phi) is 4.31. The number of ether oxygens (including phenoxy) is 1. The van der Waals surface area contributed by atoms with E-state index in [0.29, 0.717) is 11.8 Å². The third kappa shape index (κ3) is 2.42. The lowest BCUT2D eigenvalue weighted by Crippen LogP contribution is -2.40. The minimum Gasteiger partial charge on any atom is -0.481 e. The predicted molar refractivity (Wildman–Crippen MR) is 70.5 cm³/mol. The second-order valence-corrected chi connectivity index (χ2v) is 6.20. The first-order chi connectivity index (χ1) is 8.62. The van der Waals surface area contributed by atoms with Gasteiger partial charge in [0.05, 0.1) is 11.5 Å². The van der Waals surface area contributed by atoms with E-state index in [1.165, 1.54) is 0 Å². The van der Waals surface area contributed by atoms with Crippen LogP contribution in [-0.4, -0.2) is 24.3 Å². The van der Waals surface area contributed by atoms with E-state index in [2.05, 4.69) is 6.92 Å². The molecule has 4 atom stereocenters. The van der Waals surface area contributed by atoms with Crippen LogP contribution >= 0.6 is 0 Å². The van der Waals surface area contributed by atoms with Crippen LogP contribution in [-0.2, 0) is 9.53 Å². The van der Waals surface area contributed by atoms with Crippen molar-refractivity contribution in [2.75, 3.05) is 7.11 Å². The molecule has 104 valence electrons. The Morgan fingerprint density at radius 1 is 1.39 bits per heavy atom. The normalized spacial score (nSPS) is 40.9. The molecular weight excluding hydrogens is 228 g/mol. The maximum absolute atomic E-state index is 11.8. The lowest BCUT2D eigenvalue weighted by molar-refractivity contribution is -0.154. The zero-order valence-corrected chi connectivity index (χ0v) is 11.7. The van der Waals surface area contributed by atoms with Gasteiger partial charge in [0.25, 0.3) is 0 Å². The summed E-state index contributed by atoms with van der Waals surface area (Å²) in [5, 5.41) is 9.75. The Labute approximate surface area is 110 Å². The Balaban J connectivity index is 2.13. The number of carboxylic acids is 1. The zero-order valence-electron chi connectivity index (χ0n) is 11.7. The van der Waals surface area contributed by atoms with Crippen molar-refractivity contribution in [1.82, 2.24) is 0 Å². The van der Waals surface area contributed by atoms with E-state index < -0.39 is 11.4 Å². The van der Waals surface area contributed by atoms with E-state index in [9.17, 15) is 9.90 Å². The number of methoxy groups -OCH3 is 1. The van der Waals surface area contributed by atoms with Gasteiger partial charge in [-0.2, -0.15) is 0 Å². The summed E-state index contributed by atoms with van der Waals surface area (Å²) in [6.07, 6.45) is 8.49. The van der Waals surface area contributed by atoms with Crippen LogP contribution in [0.3, 0.4) is 0 Å². The maximum atomic E-state index is 11.8. The smallest absolute Gasteiger partial charge is 0.309 e. The van der Waals surface area contributed by atoms with Crippen LogP contribution in [0.15, 0.2) is 0 Å². The van der Waals surface area contributed by atoms with Crippen LogP contribution in [0.5, 0.6) is 0 Å². The highest BCUT2D eigenvalue weighted by Gasteiger charge is 2.51. The molecule has 0 bridgehead atoms. The minimum atomic E-state index is -0.555. The predicted octanol–water partition coefficient (Wildman–Crippen LogP) is 3.47. The summed E-state index contributed by atoms with van der Waals surface area (Å²) in [7, 11) is 1.75. The molecule has 2 aliphatic rings.